The summed E-state index contributed by atoms with van der Waals surface area (Å²) in [5.41, 5.74) is 1.42. The molecule has 1 N–H and O–H groups in total. The standard InChI is InChI=1S/C15H18Cl2N2O4S/c1-15(14(20)23-18-12-3-4-12)5-2-6-19(15)24(21,22)13-8-10(16)7-11(17)9-13/h7-9,12,18H,2-6H2,1H3/t15-/m0/s1. The Morgan fingerprint density at radius 3 is 2.50 bits per heavy atom. The quantitative estimate of drug-likeness (QED) is 0.779. The molecule has 9 heteroatoms. The molecule has 24 heavy (non-hydrogen) atoms. The number of rotatable bonds is 5. The highest BCUT2D eigenvalue weighted by molar-refractivity contribution is 7.89. The van der Waals surface area contributed by atoms with Crippen LogP contribution in [0.1, 0.15) is 32.6 Å². The Morgan fingerprint density at radius 1 is 1.29 bits per heavy atom. The number of carbonyl (C=O) groups is 1. The minimum Gasteiger partial charge on any atom is -0.369 e. The molecule has 0 aromatic heterocycles. The van der Waals surface area contributed by atoms with Crippen molar-refractivity contribution in [1.29, 1.82) is 0 Å². The van der Waals surface area contributed by atoms with Gasteiger partial charge in [0.15, 0.2) is 0 Å². The Labute approximate surface area is 151 Å². The van der Waals surface area contributed by atoms with Crippen LogP contribution < -0.4 is 5.48 Å². The Kier molecular flexibility index (Phi) is 4.83. The fraction of sp³-hybridized carbons (Fsp3) is 0.533. The predicted octanol–water partition coefficient (Wildman–Crippen LogP) is 2.75. The molecule has 132 valence electrons. The molecule has 0 bridgehead atoms. The summed E-state index contributed by atoms with van der Waals surface area (Å²) in [7, 11) is -3.92. The molecule has 0 radical (unpaired) electrons. The molecule has 1 saturated carbocycles. The van der Waals surface area contributed by atoms with Crippen LogP contribution in [0.2, 0.25) is 10.0 Å². The first kappa shape index (κ1) is 17.9. The van der Waals surface area contributed by atoms with E-state index in [4.69, 9.17) is 28.0 Å². The van der Waals surface area contributed by atoms with Crippen LogP contribution in [-0.2, 0) is 19.7 Å². The van der Waals surface area contributed by atoms with E-state index in [-0.39, 0.29) is 27.5 Å². The number of nitrogens with zero attached hydrogens (tertiary/aromatic N) is 1. The Morgan fingerprint density at radius 2 is 1.92 bits per heavy atom. The number of sulfonamides is 1. The molecule has 1 heterocycles. The van der Waals surface area contributed by atoms with Crippen LogP contribution in [-0.4, -0.2) is 36.8 Å². The van der Waals surface area contributed by atoms with Crippen LogP contribution in [0, 0.1) is 0 Å². The SMILES string of the molecule is C[C@@]1(C(=O)ONC2CC2)CCCN1S(=O)(=O)c1cc(Cl)cc(Cl)c1. The van der Waals surface area contributed by atoms with E-state index in [9.17, 15) is 13.2 Å². The van der Waals surface area contributed by atoms with E-state index in [1.807, 2.05) is 0 Å². The van der Waals surface area contributed by atoms with Crippen molar-refractivity contribution in [3.05, 3.63) is 28.2 Å². The van der Waals surface area contributed by atoms with Gasteiger partial charge in [-0.3, -0.25) is 0 Å². The van der Waals surface area contributed by atoms with Crippen molar-refractivity contribution in [2.24, 2.45) is 0 Å². The summed E-state index contributed by atoms with van der Waals surface area (Å²) in [5, 5.41) is 0.444. The van der Waals surface area contributed by atoms with Crippen LogP contribution in [0.3, 0.4) is 0 Å². The van der Waals surface area contributed by atoms with Crippen molar-refractivity contribution in [1.82, 2.24) is 9.79 Å². The number of hydroxylamine groups is 1. The average Bonchev–Trinajstić information content (AvgIpc) is 3.24. The monoisotopic (exact) mass is 392 g/mol. The second-order valence-electron chi connectivity index (χ2n) is 6.34. The van der Waals surface area contributed by atoms with Gasteiger partial charge in [-0.25, -0.2) is 13.2 Å². The minimum atomic E-state index is -3.92. The van der Waals surface area contributed by atoms with Gasteiger partial charge < -0.3 is 4.84 Å². The maximum absolute atomic E-state index is 13.0. The zero-order valence-corrected chi connectivity index (χ0v) is 15.4. The number of carbonyl (C=O) groups excluding carboxylic acids is 1. The number of halogens is 2. The van der Waals surface area contributed by atoms with E-state index in [0.29, 0.717) is 12.8 Å². The van der Waals surface area contributed by atoms with Gasteiger partial charge in [-0.15, -0.1) is 5.48 Å². The highest BCUT2D eigenvalue weighted by Crippen LogP contribution is 2.36. The predicted molar refractivity (Wildman–Crippen MR) is 90.2 cm³/mol. The minimum absolute atomic E-state index is 0.0314. The lowest BCUT2D eigenvalue weighted by Crippen LogP contribution is -2.52. The van der Waals surface area contributed by atoms with E-state index >= 15 is 0 Å². The molecule has 0 amide bonds. The highest BCUT2D eigenvalue weighted by atomic mass is 35.5. The molecule has 1 atom stereocenters. The number of benzene rings is 1. The summed E-state index contributed by atoms with van der Waals surface area (Å²) in [4.78, 5) is 17.6. The summed E-state index contributed by atoms with van der Waals surface area (Å²) in [5.74, 6) is -0.594. The van der Waals surface area contributed by atoms with Crippen LogP contribution >= 0.6 is 23.2 Å². The summed E-state index contributed by atoms with van der Waals surface area (Å²) >= 11 is 11.8. The van der Waals surface area contributed by atoms with Crippen molar-refractivity contribution in [2.75, 3.05) is 6.54 Å². The first-order valence-electron chi connectivity index (χ1n) is 7.69. The normalized spacial score (nSPS) is 25.0. The first-order chi connectivity index (χ1) is 11.2. The molecule has 1 aliphatic carbocycles. The lowest BCUT2D eigenvalue weighted by Gasteiger charge is -2.31. The van der Waals surface area contributed by atoms with E-state index in [2.05, 4.69) is 5.48 Å². The second kappa shape index (κ2) is 6.46. The van der Waals surface area contributed by atoms with E-state index < -0.39 is 21.5 Å². The number of nitrogens with one attached hydrogen (secondary N) is 1. The molecule has 1 aliphatic heterocycles. The third-order valence-corrected chi connectivity index (χ3v) is 6.77. The molecule has 1 aromatic rings. The molecule has 0 unspecified atom stereocenters. The van der Waals surface area contributed by atoms with Crippen LogP contribution in [0.4, 0.5) is 0 Å². The van der Waals surface area contributed by atoms with Gasteiger partial charge in [0.25, 0.3) is 0 Å². The smallest absolute Gasteiger partial charge is 0.345 e. The molecule has 2 fully saturated rings. The fourth-order valence-electron chi connectivity index (χ4n) is 2.78. The van der Waals surface area contributed by atoms with Crippen LogP contribution in [0.25, 0.3) is 0 Å². The molecule has 6 nitrogen and oxygen atoms in total. The Hall–Kier alpha value is -0.860. The highest BCUT2D eigenvalue weighted by Gasteiger charge is 2.51. The number of hydrogen-bond donors (Lipinski definition) is 1. The Balaban J connectivity index is 1.88. The second-order valence-corrected chi connectivity index (χ2v) is 9.08. The van der Waals surface area contributed by atoms with Gasteiger partial charge in [0.05, 0.1) is 4.90 Å². The average molecular weight is 393 g/mol. The van der Waals surface area contributed by atoms with Gasteiger partial charge in [-0.2, -0.15) is 4.31 Å². The van der Waals surface area contributed by atoms with E-state index in [1.165, 1.54) is 22.5 Å². The molecule has 1 saturated heterocycles. The van der Waals surface area contributed by atoms with Gasteiger partial charge in [0, 0.05) is 22.6 Å². The van der Waals surface area contributed by atoms with Crippen molar-refractivity contribution >= 4 is 39.2 Å². The van der Waals surface area contributed by atoms with Gasteiger partial charge in [0.2, 0.25) is 10.0 Å². The maximum atomic E-state index is 13.0. The van der Waals surface area contributed by atoms with Crippen LogP contribution in [0.5, 0.6) is 0 Å². The van der Waals surface area contributed by atoms with Gasteiger partial charge >= 0.3 is 5.97 Å². The third-order valence-electron chi connectivity index (χ3n) is 4.33. The van der Waals surface area contributed by atoms with Gasteiger partial charge in [-0.05, 0) is 50.8 Å². The van der Waals surface area contributed by atoms with Gasteiger partial charge in [0.1, 0.15) is 5.54 Å². The van der Waals surface area contributed by atoms with E-state index in [1.54, 1.807) is 6.92 Å². The fourth-order valence-corrected chi connectivity index (χ4v) is 5.31. The van der Waals surface area contributed by atoms with Crippen molar-refractivity contribution in [3.8, 4) is 0 Å². The number of hydrogen-bond acceptors (Lipinski definition) is 5. The largest absolute Gasteiger partial charge is 0.369 e. The molecule has 1 aromatic carbocycles. The van der Waals surface area contributed by atoms with Crippen molar-refractivity contribution < 1.29 is 18.0 Å². The molecule has 0 spiro atoms. The summed E-state index contributed by atoms with van der Waals surface area (Å²) in [6.07, 6.45) is 2.87. The first-order valence-corrected chi connectivity index (χ1v) is 9.89. The molecular weight excluding hydrogens is 375 g/mol. The lowest BCUT2D eigenvalue weighted by molar-refractivity contribution is -0.161. The maximum Gasteiger partial charge on any atom is 0.345 e. The summed E-state index contributed by atoms with van der Waals surface area (Å²) < 4.78 is 27.2. The molecule has 2 aliphatic rings. The zero-order valence-electron chi connectivity index (χ0n) is 13.1. The van der Waals surface area contributed by atoms with Crippen molar-refractivity contribution in [2.45, 2.75) is 49.1 Å². The topological polar surface area (TPSA) is 75.7 Å². The van der Waals surface area contributed by atoms with Crippen molar-refractivity contribution in [3.63, 3.8) is 0 Å². The summed E-state index contributed by atoms with van der Waals surface area (Å²) in [6, 6.07) is 4.29. The lowest BCUT2D eigenvalue weighted by atomic mass is 10.0. The molecule has 3 rings (SSSR count). The van der Waals surface area contributed by atoms with Crippen LogP contribution in [0.15, 0.2) is 23.1 Å². The zero-order chi connectivity index (χ0) is 17.5. The van der Waals surface area contributed by atoms with Gasteiger partial charge in [-0.1, -0.05) is 23.2 Å². The third kappa shape index (κ3) is 3.41. The Bertz CT molecular complexity index is 746. The van der Waals surface area contributed by atoms with E-state index in [0.717, 1.165) is 12.8 Å². The molecular formula is C15H18Cl2N2O4S. The summed E-state index contributed by atoms with van der Waals surface area (Å²) in [6.45, 7) is 1.82.